The van der Waals surface area contributed by atoms with Gasteiger partial charge in [-0.15, -0.1) is 0 Å². The van der Waals surface area contributed by atoms with E-state index in [1.807, 2.05) is 0 Å². The second kappa shape index (κ2) is 8.11. The van der Waals surface area contributed by atoms with Crippen LogP contribution in [0.15, 0.2) is 30.3 Å². The molecule has 1 aromatic rings. The smallest absolute Gasteiger partial charge is 0.337 e. The number of hydrogen-bond acceptors (Lipinski definition) is 9. The van der Waals surface area contributed by atoms with Crippen LogP contribution < -0.4 is 5.32 Å². The quantitative estimate of drug-likeness (QED) is 0.330. The number of carbonyl (C=O) groups excluding carboxylic acids is 4. The monoisotopic (exact) mass is 422 g/mol. The maximum absolute atomic E-state index is 13.5. The third kappa shape index (κ3) is 3.16. The lowest BCUT2D eigenvalue weighted by Gasteiger charge is -2.47. The topological polar surface area (TPSA) is 163 Å². The number of methoxy groups -OCH3 is 1. The number of hydrogen-bond donors (Lipinski definition) is 4. The van der Waals surface area contributed by atoms with Crippen molar-refractivity contribution in [2.24, 2.45) is 0 Å². The summed E-state index contributed by atoms with van der Waals surface area (Å²) in [7, 11) is 1.01. The van der Waals surface area contributed by atoms with E-state index in [0.717, 1.165) is 7.11 Å². The molecular formula is C19H22N2O9. The van der Waals surface area contributed by atoms with Crippen molar-refractivity contribution in [2.45, 2.75) is 49.4 Å². The highest BCUT2D eigenvalue weighted by Crippen LogP contribution is 2.36. The van der Waals surface area contributed by atoms with Crippen LogP contribution in [0, 0.1) is 0 Å². The summed E-state index contributed by atoms with van der Waals surface area (Å²) >= 11 is 0. The van der Waals surface area contributed by atoms with Crippen LogP contribution in [0.25, 0.3) is 0 Å². The van der Waals surface area contributed by atoms with E-state index in [1.165, 1.54) is 0 Å². The molecule has 0 unspecified atom stereocenters. The standard InChI is InChI=1S/C19H22N2O9/c1-3-19(9-7-5-4-6-8-9)16(26)20-18(28)21(17(19)27)14-12(24)10(22)11(23)13(30-14)15(25)29-2/h4-8,10-14,22-24H,3H2,1-2H3,(H,20,26,28)/t10-,11-,12+,13-,14+,19-/m0/s1. The molecule has 0 aliphatic carbocycles. The molecule has 2 aliphatic heterocycles. The van der Waals surface area contributed by atoms with Gasteiger partial charge < -0.3 is 24.8 Å². The Morgan fingerprint density at radius 1 is 1.13 bits per heavy atom. The molecular weight excluding hydrogens is 400 g/mol. The molecule has 0 bridgehead atoms. The van der Waals surface area contributed by atoms with Crippen LogP contribution >= 0.6 is 0 Å². The summed E-state index contributed by atoms with van der Waals surface area (Å²) in [5.74, 6) is -2.93. The number of rotatable bonds is 4. The van der Waals surface area contributed by atoms with Gasteiger partial charge in [0.25, 0.3) is 5.91 Å². The Labute approximate surface area is 171 Å². The molecule has 4 amide bonds. The van der Waals surface area contributed by atoms with E-state index in [1.54, 1.807) is 37.3 Å². The lowest BCUT2D eigenvalue weighted by atomic mass is 9.74. The minimum atomic E-state index is -1.95. The highest BCUT2D eigenvalue weighted by atomic mass is 16.6. The zero-order valence-electron chi connectivity index (χ0n) is 16.2. The van der Waals surface area contributed by atoms with Gasteiger partial charge in [0.05, 0.1) is 7.11 Å². The van der Waals surface area contributed by atoms with E-state index >= 15 is 0 Å². The molecule has 4 N–H and O–H groups in total. The number of imide groups is 2. The number of nitrogens with zero attached hydrogens (tertiary/aromatic N) is 1. The predicted molar refractivity (Wildman–Crippen MR) is 97.5 cm³/mol. The van der Waals surface area contributed by atoms with E-state index < -0.39 is 59.9 Å². The molecule has 0 radical (unpaired) electrons. The van der Waals surface area contributed by atoms with Crippen molar-refractivity contribution in [3.8, 4) is 0 Å². The minimum Gasteiger partial charge on any atom is -0.467 e. The van der Waals surface area contributed by atoms with Gasteiger partial charge in [-0.1, -0.05) is 37.3 Å². The number of nitrogens with one attached hydrogen (secondary N) is 1. The first kappa shape index (κ1) is 21.8. The number of aliphatic hydroxyl groups is 3. The maximum atomic E-state index is 13.5. The van der Waals surface area contributed by atoms with Crippen molar-refractivity contribution in [3.05, 3.63) is 35.9 Å². The van der Waals surface area contributed by atoms with Crippen LogP contribution in [0.3, 0.4) is 0 Å². The molecule has 1 aromatic carbocycles. The van der Waals surface area contributed by atoms with Crippen molar-refractivity contribution in [1.82, 2.24) is 10.2 Å². The second-order valence-corrected chi connectivity index (χ2v) is 7.00. The fourth-order valence-electron chi connectivity index (χ4n) is 3.77. The first-order valence-corrected chi connectivity index (χ1v) is 9.22. The van der Waals surface area contributed by atoms with E-state index in [9.17, 15) is 34.5 Å². The first-order valence-electron chi connectivity index (χ1n) is 9.22. The fraction of sp³-hybridized carbons (Fsp3) is 0.474. The van der Waals surface area contributed by atoms with Crippen LogP contribution in [0.2, 0.25) is 0 Å². The van der Waals surface area contributed by atoms with E-state index in [0.29, 0.717) is 10.5 Å². The fourth-order valence-corrected chi connectivity index (χ4v) is 3.77. The largest absolute Gasteiger partial charge is 0.467 e. The van der Waals surface area contributed by atoms with Crippen molar-refractivity contribution in [2.75, 3.05) is 7.11 Å². The van der Waals surface area contributed by atoms with Gasteiger partial charge in [-0.05, 0) is 12.0 Å². The Morgan fingerprint density at radius 2 is 1.77 bits per heavy atom. The Hall–Kier alpha value is -2.86. The molecule has 0 spiro atoms. The number of benzene rings is 1. The summed E-state index contributed by atoms with van der Waals surface area (Å²) in [6.07, 6.45) is -9.40. The third-order valence-corrected chi connectivity index (χ3v) is 5.48. The number of esters is 1. The molecule has 3 rings (SSSR count). The van der Waals surface area contributed by atoms with Gasteiger partial charge in [-0.25, -0.2) is 14.5 Å². The van der Waals surface area contributed by atoms with Crippen LogP contribution in [-0.2, 0) is 29.3 Å². The van der Waals surface area contributed by atoms with E-state index in [2.05, 4.69) is 10.1 Å². The summed E-state index contributed by atoms with van der Waals surface area (Å²) in [6.45, 7) is 1.58. The summed E-state index contributed by atoms with van der Waals surface area (Å²) in [5.41, 5.74) is -1.50. The lowest BCUT2D eigenvalue weighted by molar-refractivity contribution is -0.253. The highest BCUT2D eigenvalue weighted by molar-refractivity contribution is 6.23. The van der Waals surface area contributed by atoms with Gasteiger partial charge in [0.1, 0.15) is 18.3 Å². The molecule has 0 aromatic heterocycles. The predicted octanol–water partition coefficient (Wildman–Crippen LogP) is -1.61. The summed E-state index contributed by atoms with van der Waals surface area (Å²) < 4.78 is 9.83. The van der Waals surface area contributed by atoms with Crippen LogP contribution in [-0.4, -0.2) is 81.8 Å². The Morgan fingerprint density at radius 3 is 2.33 bits per heavy atom. The maximum Gasteiger partial charge on any atom is 0.337 e. The normalized spacial score (nSPS) is 34.5. The minimum absolute atomic E-state index is 0.0279. The zero-order valence-corrected chi connectivity index (χ0v) is 16.2. The lowest BCUT2D eigenvalue weighted by Crippen LogP contribution is -2.73. The van der Waals surface area contributed by atoms with Crippen molar-refractivity contribution in [3.63, 3.8) is 0 Å². The average molecular weight is 422 g/mol. The van der Waals surface area contributed by atoms with Crippen molar-refractivity contribution in [1.29, 1.82) is 0 Å². The number of urea groups is 1. The molecule has 0 saturated carbocycles. The molecule has 11 heteroatoms. The molecule has 30 heavy (non-hydrogen) atoms. The SMILES string of the molecule is CC[C@]1(c2ccccc2)C(=O)NC(=O)N([C@@H]2O[C@H](C(=O)OC)[C@@H](O)[C@H](O)[C@H]2O)C1=O. The number of barbiturate groups is 1. The van der Waals surface area contributed by atoms with Gasteiger partial charge in [-0.2, -0.15) is 0 Å². The Kier molecular flexibility index (Phi) is 5.90. The first-order chi connectivity index (χ1) is 14.2. The van der Waals surface area contributed by atoms with Gasteiger partial charge in [-0.3, -0.25) is 14.9 Å². The highest BCUT2D eigenvalue weighted by Gasteiger charge is 2.59. The number of ether oxygens (including phenoxy) is 2. The zero-order chi connectivity index (χ0) is 22.2. The number of aliphatic hydroxyl groups excluding tert-OH is 3. The molecule has 2 fully saturated rings. The molecule has 162 valence electrons. The molecule has 2 heterocycles. The van der Waals surface area contributed by atoms with Crippen LogP contribution in [0.5, 0.6) is 0 Å². The van der Waals surface area contributed by atoms with E-state index in [4.69, 9.17) is 4.74 Å². The number of carbonyl (C=O) groups is 4. The van der Waals surface area contributed by atoms with Gasteiger partial charge in [0, 0.05) is 0 Å². The number of amides is 4. The van der Waals surface area contributed by atoms with Crippen molar-refractivity contribution >= 4 is 23.8 Å². The summed E-state index contributed by atoms with van der Waals surface area (Å²) in [4.78, 5) is 51.2. The molecule has 2 aliphatic rings. The van der Waals surface area contributed by atoms with E-state index in [-0.39, 0.29) is 6.42 Å². The third-order valence-electron chi connectivity index (χ3n) is 5.48. The second-order valence-electron chi connectivity index (χ2n) is 7.00. The molecule has 6 atom stereocenters. The average Bonchev–Trinajstić information content (AvgIpc) is 2.74. The van der Waals surface area contributed by atoms with Gasteiger partial charge in [0.15, 0.2) is 17.7 Å². The summed E-state index contributed by atoms with van der Waals surface area (Å²) in [5, 5.41) is 32.7. The Balaban J connectivity index is 2.06. The van der Waals surface area contributed by atoms with Gasteiger partial charge in [0.2, 0.25) is 5.91 Å². The van der Waals surface area contributed by atoms with Gasteiger partial charge >= 0.3 is 12.0 Å². The summed E-state index contributed by atoms with van der Waals surface area (Å²) in [6, 6.07) is 6.82. The van der Waals surface area contributed by atoms with Crippen LogP contribution in [0.1, 0.15) is 18.9 Å². The molecule has 11 nitrogen and oxygen atoms in total. The Bertz CT molecular complexity index is 861. The van der Waals surface area contributed by atoms with Crippen molar-refractivity contribution < 1.29 is 44.0 Å². The van der Waals surface area contributed by atoms with Crippen LogP contribution in [0.4, 0.5) is 4.79 Å². The molecule has 2 saturated heterocycles.